The number of hydrogen-bond donors (Lipinski definition) is 8. The molecule has 13 nitrogen and oxygen atoms in total. The molecule has 5 heterocycles. The number of aromatic amines is 2. The van der Waals surface area contributed by atoms with Gasteiger partial charge < -0.3 is 47.0 Å². The molecule has 1 aliphatic heterocycles. The van der Waals surface area contributed by atoms with Crippen LogP contribution in [0.1, 0.15) is 46.2 Å². The number of aromatic nitrogens is 4. The van der Waals surface area contributed by atoms with E-state index >= 15 is 0 Å². The molecule has 1 saturated heterocycles. The van der Waals surface area contributed by atoms with Crippen molar-refractivity contribution in [1.82, 2.24) is 41.2 Å². The number of thiocarbonyl (C=S) groups is 2. The van der Waals surface area contributed by atoms with Crippen molar-refractivity contribution >= 4 is 90.9 Å². The van der Waals surface area contributed by atoms with E-state index < -0.39 is 34.6 Å². The summed E-state index contributed by atoms with van der Waals surface area (Å²) in [5, 5.41) is 16.3. The lowest BCUT2D eigenvalue weighted by atomic mass is 10.1. The molecule has 66 heavy (non-hydrogen) atoms. The summed E-state index contributed by atoms with van der Waals surface area (Å²) in [5.74, 6) is -0.523. The highest BCUT2D eigenvalue weighted by Crippen LogP contribution is 2.33. The lowest BCUT2D eigenvalue weighted by molar-refractivity contribution is -0.138. The number of pyridine rings is 2. The Morgan fingerprint density at radius 3 is 1.56 bits per heavy atom. The predicted octanol–water partition coefficient (Wildman–Crippen LogP) is 8.93. The molecular weight excluding hydrogens is 930 g/mol. The number of alkyl halides is 6. The number of carbonyl (C=O) groups excluding carboxylic acids is 2. The largest absolute Gasteiger partial charge is 0.416 e. The second-order valence-electron chi connectivity index (χ2n) is 13.8. The normalized spacial score (nSPS) is 11.9. The monoisotopic (exact) mass is 974 g/mol. The minimum atomic E-state index is -4.50. The molecule has 7 rings (SSSR count). The minimum absolute atomic E-state index is 0.0155. The molecule has 0 bridgehead atoms. The van der Waals surface area contributed by atoms with Crippen molar-refractivity contribution in [3.8, 4) is 0 Å². The first-order valence-electron chi connectivity index (χ1n) is 19.7. The average Bonchev–Trinajstić information content (AvgIpc) is 4.12. The number of amides is 1. The Morgan fingerprint density at radius 1 is 0.697 bits per heavy atom. The Balaban J connectivity index is 0.000000240. The van der Waals surface area contributed by atoms with E-state index in [-0.39, 0.29) is 35.1 Å². The van der Waals surface area contributed by atoms with Gasteiger partial charge in [0.1, 0.15) is 11.3 Å². The van der Waals surface area contributed by atoms with Crippen LogP contribution in [0.15, 0.2) is 111 Å². The van der Waals surface area contributed by atoms with Gasteiger partial charge in [0, 0.05) is 86.3 Å². The summed E-state index contributed by atoms with van der Waals surface area (Å²) in [6.07, 6.45) is 2.67. The molecule has 0 unspecified atom stereocenters. The van der Waals surface area contributed by atoms with E-state index in [2.05, 4.69) is 59.7 Å². The molecule has 4 aromatic heterocycles. The first kappa shape index (κ1) is 52.1. The SMILES string of the molecule is C1CCOC1.C=CC(=O)Cl.C=CC(=O)Nc1ccc(C(F)(F)F)cc1CNC(=S)NCc1ccnc2[nH]ccc12.Nc1ccc(C(F)(F)F)cc1CNC(=S)NCc1ccnc2[nH]ccc12. The number of nitrogen functional groups attached to an aromatic ring is 1. The number of anilines is 2. The number of hydrogen-bond acceptors (Lipinski definition) is 8. The van der Waals surface area contributed by atoms with Crippen LogP contribution in [0.2, 0.25) is 0 Å². The van der Waals surface area contributed by atoms with E-state index in [0.717, 1.165) is 82.8 Å². The van der Waals surface area contributed by atoms with Gasteiger partial charge in [-0.1, -0.05) is 13.2 Å². The maximum Gasteiger partial charge on any atom is 0.416 e. The van der Waals surface area contributed by atoms with Crippen LogP contribution in [-0.2, 0) is 52.9 Å². The van der Waals surface area contributed by atoms with Crippen LogP contribution >= 0.6 is 36.0 Å². The Hall–Kier alpha value is -6.55. The number of rotatable bonds is 11. The van der Waals surface area contributed by atoms with Crippen LogP contribution in [0.4, 0.5) is 37.7 Å². The maximum atomic E-state index is 13.1. The topological polar surface area (TPSA) is 187 Å². The van der Waals surface area contributed by atoms with Gasteiger partial charge in [0.2, 0.25) is 11.1 Å². The van der Waals surface area contributed by atoms with E-state index in [4.69, 9.17) is 46.5 Å². The van der Waals surface area contributed by atoms with Crippen LogP contribution in [-0.4, -0.2) is 54.5 Å². The quantitative estimate of drug-likeness (QED) is 0.0203. The van der Waals surface area contributed by atoms with Crippen molar-refractivity contribution in [2.24, 2.45) is 0 Å². The molecule has 22 heteroatoms. The third-order valence-corrected chi connectivity index (χ3v) is 9.92. The summed E-state index contributed by atoms with van der Waals surface area (Å²) in [7, 11) is 0. The third-order valence-electron chi connectivity index (χ3n) is 9.19. The first-order valence-corrected chi connectivity index (χ1v) is 20.9. The third kappa shape index (κ3) is 16.8. The lowest BCUT2D eigenvalue weighted by Gasteiger charge is -2.16. The number of nitrogens with two attached hydrogens (primary N) is 1. The molecule has 0 aliphatic carbocycles. The molecule has 0 spiro atoms. The summed E-state index contributed by atoms with van der Waals surface area (Å²) in [5.41, 5.74) is 8.77. The van der Waals surface area contributed by atoms with Gasteiger partial charge in [-0.3, -0.25) is 9.59 Å². The van der Waals surface area contributed by atoms with Gasteiger partial charge in [-0.05, 0) is 144 Å². The highest BCUT2D eigenvalue weighted by atomic mass is 35.5. The number of nitrogens with one attached hydrogen (secondary N) is 7. The van der Waals surface area contributed by atoms with Crippen molar-refractivity contribution in [3.05, 3.63) is 144 Å². The summed E-state index contributed by atoms with van der Waals surface area (Å²) >= 11 is 15.1. The van der Waals surface area contributed by atoms with Gasteiger partial charge in [-0.25, -0.2) is 9.97 Å². The van der Waals surface area contributed by atoms with Crippen LogP contribution in [0.5, 0.6) is 0 Å². The molecule has 2 aromatic carbocycles. The molecule has 9 N–H and O–H groups in total. The van der Waals surface area contributed by atoms with Crippen molar-refractivity contribution < 1.29 is 40.7 Å². The van der Waals surface area contributed by atoms with Crippen LogP contribution in [0.3, 0.4) is 0 Å². The van der Waals surface area contributed by atoms with Gasteiger partial charge in [0.15, 0.2) is 10.2 Å². The van der Waals surface area contributed by atoms with E-state index in [0.29, 0.717) is 23.8 Å². The molecule has 6 aromatic rings. The molecule has 0 radical (unpaired) electrons. The fourth-order valence-corrected chi connectivity index (χ4v) is 6.13. The van der Waals surface area contributed by atoms with Gasteiger partial charge in [-0.2, -0.15) is 26.3 Å². The fourth-order valence-electron chi connectivity index (χ4n) is 5.84. The van der Waals surface area contributed by atoms with Gasteiger partial charge in [0.05, 0.1) is 11.1 Å². The highest BCUT2D eigenvalue weighted by molar-refractivity contribution is 7.80. The Bertz CT molecular complexity index is 2610. The van der Waals surface area contributed by atoms with E-state index in [1.165, 1.54) is 25.0 Å². The number of halogens is 7. The van der Waals surface area contributed by atoms with E-state index in [9.17, 15) is 35.9 Å². The summed E-state index contributed by atoms with van der Waals surface area (Å²) in [6.45, 7) is 9.37. The first-order chi connectivity index (χ1) is 31.4. The van der Waals surface area contributed by atoms with Crippen molar-refractivity contribution in [3.63, 3.8) is 0 Å². The second kappa shape index (κ2) is 25.2. The number of ether oxygens (including phenoxy) is 1. The van der Waals surface area contributed by atoms with E-state index in [1.807, 2.05) is 24.3 Å². The fraction of sp³-hybridized carbons (Fsp3) is 0.227. The number of allylic oxidation sites excluding steroid dienone is 1. The summed E-state index contributed by atoms with van der Waals surface area (Å²) in [6, 6.07) is 13.8. The van der Waals surface area contributed by atoms with Crippen LogP contribution in [0, 0.1) is 0 Å². The van der Waals surface area contributed by atoms with E-state index in [1.54, 1.807) is 24.8 Å². The maximum absolute atomic E-state index is 13.1. The molecular formula is C44H45ClF6N10O3S2. The standard InChI is InChI=1S/C20H18F3N5OS.C17H16F3N5S.C4H8O.C3H3ClO/c1-2-17(29)28-16-4-3-14(20(21,22)23)9-13(16)11-27-19(30)26-10-12-5-7-24-18-15(12)6-8-25-18;18-17(19,20)12-1-2-14(21)11(7-12)9-25-16(26)24-8-10-3-5-22-15-13(10)4-6-23-15;1-2-4-5-3-1;1-2-3(4)5/h2-9H,1,10-11H2,(H,24,25)(H,28,29)(H2,26,27,30);1-7H,8-9,21H2,(H,22,23)(H2,24,25,26);1-4H2;2H,1H2. The Labute approximate surface area is 391 Å². The van der Waals surface area contributed by atoms with Crippen molar-refractivity contribution in [2.75, 3.05) is 24.3 Å². The van der Waals surface area contributed by atoms with Crippen LogP contribution in [0.25, 0.3) is 22.1 Å². The smallest absolute Gasteiger partial charge is 0.398 e. The van der Waals surface area contributed by atoms with Gasteiger partial charge >= 0.3 is 12.4 Å². The molecule has 1 aliphatic rings. The number of H-pyrrole nitrogens is 2. The zero-order chi connectivity index (χ0) is 48.3. The molecule has 0 atom stereocenters. The molecule has 350 valence electrons. The summed E-state index contributed by atoms with van der Waals surface area (Å²) in [4.78, 5) is 35.5. The Kier molecular flexibility index (Phi) is 19.9. The zero-order valence-corrected chi connectivity index (χ0v) is 37.4. The zero-order valence-electron chi connectivity index (χ0n) is 35.0. The van der Waals surface area contributed by atoms with Crippen LogP contribution < -0.4 is 32.3 Å². The average molecular weight is 975 g/mol. The number of nitrogens with zero attached hydrogens (tertiary/aromatic N) is 2. The molecule has 0 saturated carbocycles. The summed E-state index contributed by atoms with van der Waals surface area (Å²) < 4.78 is 82.5. The van der Waals surface area contributed by atoms with Gasteiger partial charge in [-0.15, -0.1) is 0 Å². The number of fused-ring (bicyclic) bond motifs is 2. The predicted molar refractivity (Wildman–Crippen MR) is 252 cm³/mol. The number of carbonyl (C=O) groups is 2. The molecule has 1 amide bonds. The van der Waals surface area contributed by atoms with Gasteiger partial charge in [0.25, 0.3) is 0 Å². The van der Waals surface area contributed by atoms with Crippen molar-refractivity contribution in [2.45, 2.75) is 51.4 Å². The lowest BCUT2D eigenvalue weighted by Crippen LogP contribution is -2.34. The number of benzene rings is 2. The highest BCUT2D eigenvalue weighted by Gasteiger charge is 2.32. The van der Waals surface area contributed by atoms with Crippen molar-refractivity contribution in [1.29, 1.82) is 0 Å². The second-order valence-corrected chi connectivity index (χ2v) is 15.0. The minimum Gasteiger partial charge on any atom is -0.398 e. The Morgan fingerprint density at radius 2 is 1.14 bits per heavy atom. The molecule has 1 fully saturated rings.